The van der Waals surface area contributed by atoms with Gasteiger partial charge in [-0.3, -0.25) is 4.79 Å². The van der Waals surface area contributed by atoms with Crippen LogP contribution in [0.15, 0.2) is 24.7 Å². The molecule has 0 spiro atoms. The quantitative estimate of drug-likeness (QED) is 0.515. The van der Waals surface area contributed by atoms with Crippen molar-refractivity contribution in [3.05, 3.63) is 30.2 Å². The minimum atomic E-state index is -0.992. The fraction of sp³-hybridized carbons (Fsp3) is 0.630. The van der Waals surface area contributed by atoms with Crippen molar-refractivity contribution in [3.8, 4) is 0 Å². The number of carbonyl (C=O) groups is 2. The van der Waals surface area contributed by atoms with Crippen LogP contribution in [0.3, 0.4) is 0 Å². The third kappa shape index (κ3) is 5.13. The Labute approximate surface area is 226 Å². The van der Waals surface area contributed by atoms with E-state index < -0.39 is 17.8 Å². The highest BCUT2D eigenvalue weighted by atomic mass is 19.1. The highest BCUT2D eigenvalue weighted by Crippen LogP contribution is 2.47. The van der Waals surface area contributed by atoms with E-state index in [9.17, 15) is 14.0 Å². The van der Waals surface area contributed by atoms with Crippen LogP contribution in [0.25, 0.3) is 5.65 Å². The van der Waals surface area contributed by atoms with Gasteiger partial charge >= 0.3 is 6.09 Å². The average Bonchev–Trinajstić information content (AvgIpc) is 3.39. The highest BCUT2D eigenvalue weighted by molar-refractivity contribution is 5.90. The fourth-order valence-corrected chi connectivity index (χ4v) is 6.07. The third-order valence-electron chi connectivity index (χ3n) is 8.39. The van der Waals surface area contributed by atoms with Gasteiger partial charge in [-0.05, 0) is 18.8 Å². The Hall–Kier alpha value is -3.41. The number of fused-ring (bicyclic) bond motifs is 2. The number of nitrogens with zero attached hydrogens (tertiary/aromatic N) is 5. The summed E-state index contributed by atoms with van der Waals surface area (Å²) in [5, 5.41) is 11.9. The van der Waals surface area contributed by atoms with Gasteiger partial charge in [-0.1, -0.05) is 20.4 Å². The molecule has 12 heteroatoms. The van der Waals surface area contributed by atoms with Crippen molar-refractivity contribution in [3.63, 3.8) is 0 Å². The molecule has 39 heavy (non-hydrogen) atoms. The van der Waals surface area contributed by atoms with Gasteiger partial charge < -0.3 is 29.9 Å². The molecule has 6 rings (SSSR count). The van der Waals surface area contributed by atoms with Crippen molar-refractivity contribution < 1.29 is 23.5 Å². The summed E-state index contributed by atoms with van der Waals surface area (Å²) in [5.41, 5.74) is 1.95. The molecule has 5 heterocycles. The molecule has 1 saturated carbocycles. The first-order valence-electron chi connectivity index (χ1n) is 13.9. The van der Waals surface area contributed by atoms with E-state index in [2.05, 4.69) is 36.2 Å². The number of hydrogen-bond donors (Lipinski definition) is 2. The molecule has 3 saturated heterocycles. The van der Waals surface area contributed by atoms with E-state index in [1.165, 1.54) is 4.90 Å². The van der Waals surface area contributed by atoms with E-state index in [1.807, 2.05) is 16.8 Å². The molecule has 210 valence electrons. The minimum Gasteiger partial charge on any atom is -0.444 e. The zero-order valence-corrected chi connectivity index (χ0v) is 22.4. The number of hydrogen-bond acceptors (Lipinski definition) is 8. The summed E-state index contributed by atoms with van der Waals surface area (Å²) in [6, 6.07) is 2.59. The molecule has 2 aromatic heterocycles. The van der Waals surface area contributed by atoms with Crippen molar-refractivity contribution in [2.75, 3.05) is 50.0 Å². The number of carbonyl (C=O) groups excluding carboxylic acids is 2. The number of ether oxygens (including phenoxy) is 2. The van der Waals surface area contributed by atoms with Crippen LogP contribution in [0, 0.1) is 11.8 Å². The maximum Gasteiger partial charge on any atom is 0.410 e. The smallest absolute Gasteiger partial charge is 0.410 e. The van der Waals surface area contributed by atoms with E-state index in [-0.39, 0.29) is 18.7 Å². The van der Waals surface area contributed by atoms with E-state index in [4.69, 9.17) is 14.5 Å². The van der Waals surface area contributed by atoms with Gasteiger partial charge in [-0.15, -0.1) is 0 Å². The zero-order valence-electron chi connectivity index (χ0n) is 22.4. The van der Waals surface area contributed by atoms with Gasteiger partial charge in [0.1, 0.15) is 17.7 Å². The van der Waals surface area contributed by atoms with Crippen LogP contribution >= 0.6 is 0 Å². The Kier molecular flexibility index (Phi) is 6.82. The number of halogens is 1. The molecule has 3 aliphatic heterocycles. The number of piperidine rings is 1. The fourth-order valence-electron chi connectivity index (χ4n) is 6.07. The largest absolute Gasteiger partial charge is 0.444 e. The maximum absolute atomic E-state index is 13.1. The Bertz CT molecular complexity index is 1260. The summed E-state index contributed by atoms with van der Waals surface area (Å²) in [5.74, 6) is 0.930. The lowest BCUT2D eigenvalue weighted by Crippen LogP contribution is -2.37. The van der Waals surface area contributed by atoms with Crippen molar-refractivity contribution in [1.29, 1.82) is 0 Å². The Morgan fingerprint density at radius 1 is 1.13 bits per heavy atom. The second-order valence-electron chi connectivity index (χ2n) is 11.4. The number of nitrogens with one attached hydrogen (secondary N) is 2. The predicted molar refractivity (Wildman–Crippen MR) is 142 cm³/mol. The minimum absolute atomic E-state index is 0.197. The van der Waals surface area contributed by atoms with Crippen LogP contribution in [0.2, 0.25) is 0 Å². The van der Waals surface area contributed by atoms with E-state index in [0.717, 1.165) is 48.9 Å². The van der Waals surface area contributed by atoms with Crippen LogP contribution < -0.4 is 10.6 Å². The monoisotopic (exact) mass is 541 g/mol. The zero-order chi connectivity index (χ0) is 27.3. The molecule has 0 aromatic carbocycles. The number of aromatic nitrogens is 3. The van der Waals surface area contributed by atoms with Crippen LogP contribution in [0.5, 0.6) is 0 Å². The molecule has 2 N–H and O–H groups in total. The molecule has 3 unspecified atom stereocenters. The van der Waals surface area contributed by atoms with Crippen molar-refractivity contribution >= 4 is 29.3 Å². The first-order chi connectivity index (χ1) is 18.8. The number of anilines is 2. The van der Waals surface area contributed by atoms with Crippen molar-refractivity contribution in [1.82, 2.24) is 24.4 Å². The van der Waals surface area contributed by atoms with Gasteiger partial charge in [-0.2, -0.15) is 9.61 Å². The number of amides is 2. The average molecular weight is 542 g/mol. The summed E-state index contributed by atoms with van der Waals surface area (Å²) < 4.78 is 26.2. The molecule has 3 atom stereocenters. The molecule has 2 amide bonds. The summed E-state index contributed by atoms with van der Waals surface area (Å²) in [6.45, 7) is 10.6. The van der Waals surface area contributed by atoms with E-state index in [1.54, 1.807) is 4.90 Å². The summed E-state index contributed by atoms with van der Waals surface area (Å²) in [4.78, 5) is 32.5. The van der Waals surface area contributed by atoms with E-state index >= 15 is 0 Å². The first kappa shape index (κ1) is 25.8. The van der Waals surface area contributed by atoms with Crippen molar-refractivity contribution in [2.45, 2.75) is 57.2 Å². The molecule has 2 aromatic rings. The van der Waals surface area contributed by atoms with Gasteiger partial charge in [0.15, 0.2) is 11.5 Å². The molecule has 1 aliphatic carbocycles. The molecular weight excluding hydrogens is 505 g/mol. The van der Waals surface area contributed by atoms with Gasteiger partial charge in [0.25, 0.3) is 5.91 Å². The van der Waals surface area contributed by atoms with Gasteiger partial charge in [-0.25, -0.2) is 14.2 Å². The third-order valence-corrected chi connectivity index (χ3v) is 8.39. The standard InChI is InChI=1S/C27H36FN7O4/c1-15(2)19-11-29-35-23(10-22(31-25(19)35)30-17-5-8-38-9-6-17)32-24-20-13-34(14-21(20)24)27(37)39-18-4-7-33(12-18)26(36)16(3)28/h10-11,15,17-18,20-21,24,32H,3-9,12-14H2,1-2H3,(H,30,31). The second kappa shape index (κ2) is 10.3. The normalized spacial score (nSPS) is 26.7. The van der Waals surface area contributed by atoms with Gasteiger partial charge in [0, 0.05) is 74.8 Å². The lowest BCUT2D eigenvalue weighted by atomic mass is 10.1. The topological polar surface area (TPSA) is 113 Å². The molecular formula is C27H36FN7O4. The summed E-state index contributed by atoms with van der Waals surface area (Å²) in [7, 11) is 0. The summed E-state index contributed by atoms with van der Waals surface area (Å²) in [6.07, 6.45) is 3.50. The van der Waals surface area contributed by atoms with Gasteiger partial charge in [0.05, 0.1) is 12.7 Å². The SMILES string of the molecule is C=C(F)C(=O)N1CCC(OC(=O)N2CC3C(C2)C3Nc2cc(NC3CCOCC3)nc3c(C(C)C)cnn23)C1. The number of likely N-dealkylation sites (tertiary alicyclic amines) is 2. The molecule has 0 bridgehead atoms. The molecule has 11 nitrogen and oxygen atoms in total. The highest BCUT2D eigenvalue weighted by Gasteiger charge is 2.57. The van der Waals surface area contributed by atoms with E-state index in [0.29, 0.717) is 49.9 Å². The van der Waals surface area contributed by atoms with Crippen LogP contribution in [0.1, 0.15) is 44.6 Å². The molecule has 4 fully saturated rings. The second-order valence-corrected chi connectivity index (χ2v) is 11.4. The first-order valence-corrected chi connectivity index (χ1v) is 13.9. The predicted octanol–water partition coefficient (Wildman–Crippen LogP) is 3.01. The number of rotatable bonds is 7. The Morgan fingerprint density at radius 3 is 2.56 bits per heavy atom. The lowest BCUT2D eigenvalue weighted by molar-refractivity contribution is -0.128. The van der Waals surface area contributed by atoms with Crippen LogP contribution in [-0.4, -0.2) is 94.0 Å². The molecule has 4 aliphatic rings. The van der Waals surface area contributed by atoms with Gasteiger partial charge in [0.2, 0.25) is 0 Å². The lowest BCUT2D eigenvalue weighted by Gasteiger charge is -2.24. The summed E-state index contributed by atoms with van der Waals surface area (Å²) >= 11 is 0. The van der Waals surface area contributed by atoms with Crippen LogP contribution in [0.4, 0.5) is 20.8 Å². The van der Waals surface area contributed by atoms with Crippen molar-refractivity contribution in [2.24, 2.45) is 11.8 Å². The Balaban J connectivity index is 1.08. The van der Waals surface area contributed by atoms with Crippen LogP contribution in [-0.2, 0) is 14.3 Å². The Morgan fingerprint density at radius 2 is 1.87 bits per heavy atom. The molecule has 0 radical (unpaired) electrons. The maximum atomic E-state index is 13.1.